The van der Waals surface area contributed by atoms with Gasteiger partial charge in [0.2, 0.25) is 0 Å². The summed E-state index contributed by atoms with van der Waals surface area (Å²) in [5.74, 6) is 0.115. The van der Waals surface area contributed by atoms with Crippen LogP contribution in [-0.2, 0) is 14.3 Å². The molecule has 0 saturated carbocycles. The topological polar surface area (TPSA) is 35.5 Å². The summed E-state index contributed by atoms with van der Waals surface area (Å²) in [5, 5.41) is 0. The van der Waals surface area contributed by atoms with Crippen LogP contribution in [0.25, 0.3) is 0 Å². The minimum absolute atomic E-state index is 0.00569. The van der Waals surface area contributed by atoms with E-state index in [1.165, 1.54) is 12.5 Å². The van der Waals surface area contributed by atoms with Crippen LogP contribution < -0.4 is 0 Å². The van der Waals surface area contributed by atoms with Crippen molar-refractivity contribution >= 4 is 5.78 Å². The highest BCUT2D eigenvalue weighted by molar-refractivity contribution is 5.88. The van der Waals surface area contributed by atoms with E-state index in [9.17, 15) is 4.79 Å². The Labute approximate surface area is 91.4 Å². The largest absolute Gasteiger partial charge is 0.353 e. The van der Waals surface area contributed by atoms with E-state index in [-0.39, 0.29) is 12.1 Å². The molecule has 15 heavy (non-hydrogen) atoms. The molecule has 1 aliphatic rings. The SMILES string of the molecule is C=CC(=O)CCCCOC1CCCCO1. The summed E-state index contributed by atoms with van der Waals surface area (Å²) >= 11 is 0. The summed E-state index contributed by atoms with van der Waals surface area (Å²) in [5.41, 5.74) is 0. The Kier molecular flexibility index (Phi) is 6.28. The summed E-state index contributed by atoms with van der Waals surface area (Å²) < 4.78 is 11.0. The smallest absolute Gasteiger partial charge is 0.157 e. The van der Waals surface area contributed by atoms with E-state index in [1.807, 2.05) is 0 Å². The van der Waals surface area contributed by atoms with Gasteiger partial charge in [0.15, 0.2) is 12.1 Å². The van der Waals surface area contributed by atoms with Crippen LogP contribution >= 0.6 is 0 Å². The van der Waals surface area contributed by atoms with Gasteiger partial charge in [0, 0.05) is 19.6 Å². The summed E-state index contributed by atoms with van der Waals surface area (Å²) in [6, 6.07) is 0. The zero-order chi connectivity index (χ0) is 10.9. The van der Waals surface area contributed by atoms with Crippen LogP contribution in [0.3, 0.4) is 0 Å². The van der Waals surface area contributed by atoms with Crippen molar-refractivity contribution in [3.8, 4) is 0 Å². The van der Waals surface area contributed by atoms with Crippen molar-refractivity contribution in [2.24, 2.45) is 0 Å². The number of rotatable bonds is 7. The zero-order valence-corrected chi connectivity index (χ0v) is 9.24. The van der Waals surface area contributed by atoms with Crippen molar-refractivity contribution in [3.05, 3.63) is 12.7 Å². The van der Waals surface area contributed by atoms with Gasteiger partial charge < -0.3 is 9.47 Å². The third kappa shape index (κ3) is 5.70. The summed E-state index contributed by atoms with van der Waals surface area (Å²) in [6.45, 7) is 4.94. The fourth-order valence-corrected chi connectivity index (χ4v) is 1.56. The molecule has 1 rings (SSSR count). The molecule has 0 N–H and O–H groups in total. The van der Waals surface area contributed by atoms with Crippen molar-refractivity contribution in [2.45, 2.75) is 44.8 Å². The van der Waals surface area contributed by atoms with Crippen LogP contribution in [0.2, 0.25) is 0 Å². The van der Waals surface area contributed by atoms with Crippen LogP contribution in [0.4, 0.5) is 0 Å². The first-order valence-electron chi connectivity index (χ1n) is 5.71. The predicted octanol–water partition coefficient (Wildman–Crippen LogP) is 2.46. The predicted molar refractivity (Wildman–Crippen MR) is 58.6 cm³/mol. The molecule has 3 heteroatoms. The normalized spacial score (nSPS) is 21.2. The van der Waals surface area contributed by atoms with Crippen molar-refractivity contribution in [1.82, 2.24) is 0 Å². The first-order valence-corrected chi connectivity index (χ1v) is 5.71. The Morgan fingerprint density at radius 1 is 1.47 bits per heavy atom. The second-order valence-electron chi connectivity index (χ2n) is 3.79. The number of unbranched alkanes of at least 4 members (excludes halogenated alkanes) is 1. The van der Waals surface area contributed by atoms with Gasteiger partial charge in [0.05, 0.1) is 0 Å². The van der Waals surface area contributed by atoms with Gasteiger partial charge in [0.1, 0.15) is 0 Å². The molecule has 1 fully saturated rings. The van der Waals surface area contributed by atoms with Gasteiger partial charge in [-0.1, -0.05) is 6.58 Å². The maximum Gasteiger partial charge on any atom is 0.157 e. The number of allylic oxidation sites excluding steroid dienone is 1. The molecule has 86 valence electrons. The second-order valence-corrected chi connectivity index (χ2v) is 3.79. The molecular weight excluding hydrogens is 192 g/mol. The van der Waals surface area contributed by atoms with Crippen molar-refractivity contribution in [3.63, 3.8) is 0 Å². The molecule has 3 nitrogen and oxygen atoms in total. The molecule has 0 aromatic rings. The molecule has 1 saturated heterocycles. The molecule has 0 bridgehead atoms. The standard InChI is InChI=1S/C12H20O3/c1-2-11(13)7-3-5-9-14-12-8-4-6-10-15-12/h2,12H,1,3-10H2. The van der Waals surface area contributed by atoms with Gasteiger partial charge in [-0.2, -0.15) is 0 Å². The zero-order valence-electron chi connectivity index (χ0n) is 9.24. The molecule has 1 unspecified atom stereocenters. The quantitative estimate of drug-likeness (QED) is 0.480. The number of hydrogen-bond acceptors (Lipinski definition) is 3. The third-order valence-electron chi connectivity index (χ3n) is 2.49. The van der Waals surface area contributed by atoms with E-state index in [0.29, 0.717) is 13.0 Å². The Morgan fingerprint density at radius 2 is 2.33 bits per heavy atom. The highest BCUT2D eigenvalue weighted by atomic mass is 16.7. The van der Waals surface area contributed by atoms with Crippen LogP contribution in [0.5, 0.6) is 0 Å². The van der Waals surface area contributed by atoms with Crippen LogP contribution in [-0.4, -0.2) is 25.3 Å². The van der Waals surface area contributed by atoms with Crippen LogP contribution in [0.15, 0.2) is 12.7 Å². The van der Waals surface area contributed by atoms with Crippen LogP contribution in [0, 0.1) is 0 Å². The third-order valence-corrected chi connectivity index (χ3v) is 2.49. The van der Waals surface area contributed by atoms with Crippen molar-refractivity contribution in [2.75, 3.05) is 13.2 Å². The monoisotopic (exact) mass is 212 g/mol. The summed E-state index contributed by atoms with van der Waals surface area (Å²) in [6.07, 6.45) is 7.09. The number of carbonyl (C=O) groups excluding carboxylic acids is 1. The lowest BCUT2D eigenvalue weighted by Crippen LogP contribution is -2.22. The molecular formula is C12H20O3. The van der Waals surface area contributed by atoms with Gasteiger partial charge in [-0.25, -0.2) is 0 Å². The minimum Gasteiger partial charge on any atom is -0.353 e. The Hall–Kier alpha value is -0.670. The Bertz CT molecular complexity index is 195. The van der Waals surface area contributed by atoms with E-state index in [2.05, 4.69) is 6.58 Å². The molecule has 0 aromatic carbocycles. The molecule has 0 aliphatic carbocycles. The maximum atomic E-state index is 10.9. The van der Waals surface area contributed by atoms with Gasteiger partial charge in [-0.05, 0) is 38.2 Å². The summed E-state index contributed by atoms with van der Waals surface area (Å²) in [7, 11) is 0. The fraction of sp³-hybridized carbons (Fsp3) is 0.750. The number of carbonyl (C=O) groups is 1. The maximum absolute atomic E-state index is 10.9. The lowest BCUT2D eigenvalue weighted by Gasteiger charge is -2.22. The van der Waals surface area contributed by atoms with Crippen LogP contribution in [0.1, 0.15) is 38.5 Å². The average Bonchev–Trinajstić information content (AvgIpc) is 2.29. The number of ketones is 1. The van der Waals surface area contributed by atoms with Crippen molar-refractivity contribution in [1.29, 1.82) is 0 Å². The van der Waals surface area contributed by atoms with Gasteiger partial charge in [-0.15, -0.1) is 0 Å². The van der Waals surface area contributed by atoms with E-state index in [0.717, 1.165) is 32.3 Å². The first kappa shape index (κ1) is 12.4. The fourth-order valence-electron chi connectivity index (χ4n) is 1.56. The molecule has 1 heterocycles. The summed E-state index contributed by atoms with van der Waals surface area (Å²) in [4.78, 5) is 10.9. The second kappa shape index (κ2) is 7.60. The molecule has 0 aromatic heterocycles. The van der Waals surface area contributed by atoms with E-state index in [1.54, 1.807) is 0 Å². The highest BCUT2D eigenvalue weighted by Crippen LogP contribution is 2.14. The van der Waals surface area contributed by atoms with Crippen molar-refractivity contribution < 1.29 is 14.3 Å². The minimum atomic E-state index is -0.00569. The first-order chi connectivity index (χ1) is 7.33. The molecule has 1 aliphatic heterocycles. The van der Waals surface area contributed by atoms with E-state index < -0.39 is 0 Å². The Morgan fingerprint density at radius 3 is 3.00 bits per heavy atom. The van der Waals surface area contributed by atoms with E-state index in [4.69, 9.17) is 9.47 Å². The van der Waals surface area contributed by atoms with Gasteiger partial charge in [0.25, 0.3) is 0 Å². The number of hydrogen-bond donors (Lipinski definition) is 0. The number of ether oxygens (including phenoxy) is 2. The molecule has 0 amide bonds. The molecule has 1 atom stereocenters. The Balaban J connectivity index is 1.91. The average molecular weight is 212 g/mol. The van der Waals surface area contributed by atoms with Gasteiger partial charge in [-0.3, -0.25) is 4.79 Å². The lowest BCUT2D eigenvalue weighted by atomic mass is 10.2. The lowest BCUT2D eigenvalue weighted by molar-refractivity contribution is -0.162. The highest BCUT2D eigenvalue weighted by Gasteiger charge is 2.13. The van der Waals surface area contributed by atoms with E-state index >= 15 is 0 Å². The molecule has 0 spiro atoms. The molecule has 0 radical (unpaired) electrons. The van der Waals surface area contributed by atoms with Gasteiger partial charge >= 0.3 is 0 Å².